The Morgan fingerprint density at radius 3 is 2.78 bits per heavy atom. The highest BCUT2D eigenvalue weighted by Crippen LogP contribution is 2.18. The maximum Gasteiger partial charge on any atom is 0.230 e. The van der Waals surface area contributed by atoms with E-state index in [1.807, 2.05) is 20.0 Å². The molecule has 0 aliphatic heterocycles. The van der Waals surface area contributed by atoms with Crippen LogP contribution in [0.1, 0.15) is 26.1 Å². The number of hydrogen-bond acceptors (Lipinski definition) is 5. The molecular formula is C12H20N4OS. The fourth-order valence-corrected chi connectivity index (χ4v) is 2.14. The maximum atomic E-state index is 11.4. The lowest BCUT2D eigenvalue weighted by molar-refractivity contribution is -0.118. The summed E-state index contributed by atoms with van der Waals surface area (Å²) in [5.74, 6) is 2.04. The monoisotopic (exact) mass is 268 g/mol. The fourth-order valence-electron chi connectivity index (χ4n) is 1.40. The normalized spacial score (nSPS) is 10.2. The molecule has 0 aliphatic rings. The second kappa shape index (κ2) is 7.92. The zero-order valence-corrected chi connectivity index (χ0v) is 11.9. The van der Waals surface area contributed by atoms with Crippen molar-refractivity contribution in [3.05, 3.63) is 11.9 Å². The third kappa shape index (κ3) is 4.91. The van der Waals surface area contributed by atoms with Crippen LogP contribution < -0.4 is 10.6 Å². The first-order chi connectivity index (χ1) is 8.69. The minimum Gasteiger partial charge on any atom is -0.373 e. The van der Waals surface area contributed by atoms with Gasteiger partial charge in [-0.25, -0.2) is 9.97 Å². The number of hydrogen-bond donors (Lipinski definition) is 2. The molecular weight excluding hydrogens is 248 g/mol. The molecule has 0 unspecified atom stereocenters. The zero-order valence-electron chi connectivity index (χ0n) is 11.1. The van der Waals surface area contributed by atoms with E-state index in [1.165, 1.54) is 11.8 Å². The summed E-state index contributed by atoms with van der Waals surface area (Å²) < 4.78 is 0. The number of nitrogens with zero attached hydrogens (tertiary/aromatic N) is 2. The van der Waals surface area contributed by atoms with Crippen molar-refractivity contribution in [1.29, 1.82) is 0 Å². The van der Waals surface area contributed by atoms with Crippen LogP contribution in [0.25, 0.3) is 0 Å². The number of thioether (sulfide) groups is 1. The highest BCUT2D eigenvalue weighted by molar-refractivity contribution is 7.99. The topological polar surface area (TPSA) is 66.9 Å². The molecule has 0 radical (unpaired) electrons. The Morgan fingerprint density at radius 2 is 2.17 bits per heavy atom. The largest absolute Gasteiger partial charge is 0.373 e. The molecule has 1 heterocycles. The van der Waals surface area contributed by atoms with Crippen molar-refractivity contribution in [3.8, 4) is 0 Å². The van der Waals surface area contributed by atoms with Crippen LogP contribution in [0.5, 0.6) is 0 Å². The second-order valence-corrected chi connectivity index (χ2v) is 4.75. The number of anilines is 1. The first kappa shape index (κ1) is 14.8. The van der Waals surface area contributed by atoms with Crippen LogP contribution in [-0.4, -0.2) is 35.2 Å². The quantitative estimate of drug-likeness (QED) is 0.582. The van der Waals surface area contributed by atoms with E-state index in [9.17, 15) is 4.79 Å². The first-order valence-corrected chi connectivity index (χ1v) is 7.13. The van der Waals surface area contributed by atoms with Crippen molar-refractivity contribution in [2.75, 3.05) is 24.7 Å². The molecule has 0 saturated heterocycles. The number of aryl methyl sites for hydroxylation is 1. The summed E-state index contributed by atoms with van der Waals surface area (Å²) in [7, 11) is 1.83. The predicted octanol–water partition coefficient (Wildman–Crippen LogP) is 1.70. The summed E-state index contributed by atoms with van der Waals surface area (Å²) in [6, 6.07) is 1.86. The van der Waals surface area contributed by atoms with Crippen molar-refractivity contribution in [3.63, 3.8) is 0 Å². The lowest BCUT2D eigenvalue weighted by Crippen LogP contribution is -2.24. The van der Waals surface area contributed by atoms with Crippen LogP contribution in [0, 0.1) is 0 Å². The van der Waals surface area contributed by atoms with Crippen molar-refractivity contribution in [2.24, 2.45) is 0 Å². The average molecular weight is 268 g/mol. The average Bonchev–Trinajstić information content (AvgIpc) is 2.37. The summed E-state index contributed by atoms with van der Waals surface area (Å²) in [5, 5.41) is 6.62. The van der Waals surface area contributed by atoms with E-state index in [0.29, 0.717) is 12.3 Å². The van der Waals surface area contributed by atoms with Crippen LogP contribution in [0.4, 0.5) is 5.82 Å². The smallest absolute Gasteiger partial charge is 0.230 e. The lowest BCUT2D eigenvalue weighted by atomic mass is 10.3. The van der Waals surface area contributed by atoms with E-state index in [1.54, 1.807) is 0 Å². The van der Waals surface area contributed by atoms with E-state index in [4.69, 9.17) is 0 Å². The Kier molecular flexibility index (Phi) is 6.49. The van der Waals surface area contributed by atoms with Crippen molar-refractivity contribution < 1.29 is 4.79 Å². The number of rotatable bonds is 7. The summed E-state index contributed by atoms with van der Waals surface area (Å²) >= 11 is 1.43. The van der Waals surface area contributed by atoms with Gasteiger partial charge in [0.1, 0.15) is 16.7 Å². The van der Waals surface area contributed by atoms with Gasteiger partial charge in [-0.2, -0.15) is 0 Å². The molecule has 0 fully saturated rings. The van der Waals surface area contributed by atoms with Crippen LogP contribution in [-0.2, 0) is 11.2 Å². The molecule has 0 spiro atoms. The van der Waals surface area contributed by atoms with Gasteiger partial charge >= 0.3 is 0 Å². The Bertz CT molecular complexity index is 398. The molecule has 1 aromatic rings. The SMILES string of the molecule is CCCc1nc(NC)cc(SCC(=O)NCC)n1. The zero-order chi connectivity index (χ0) is 13.4. The molecule has 6 heteroatoms. The van der Waals surface area contributed by atoms with Gasteiger partial charge in [-0.3, -0.25) is 4.79 Å². The third-order valence-electron chi connectivity index (χ3n) is 2.20. The standard InChI is InChI=1S/C12H20N4OS/c1-4-6-9-15-10(13-3)7-12(16-9)18-8-11(17)14-5-2/h7H,4-6,8H2,1-3H3,(H,14,17)(H,13,15,16). The molecule has 1 aromatic heterocycles. The molecule has 18 heavy (non-hydrogen) atoms. The van der Waals surface area contributed by atoms with Gasteiger partial charge in [0.15, 0.2) is 0 Å². The molecule has 2 N–H and O–H groups in total. The number of aromatic nitrogens is 2. The van der Waals surface area contributed by atoms with Crippen LogP contribution in [0.2, 0.25) is 0 Å². The molecule has 0 bridgehead atoms. The number of carbonyl (C=O) groups excluding carboxylic acids is 1. The minimum absolute atomic E-state index is 0.0316. The molecule has 0 atom stereocenters. The summed E-state index contributed by atoms with van der Waals surface area (Å²) in [4.78, 5) is 20.2. The fraction of sp³-hybridized carbons (Fsp3) is 0.583. The molecule has 5 nitrogen and oxygen atoms in total. The summed E-state index contributed by atoms with van der Waals surface area (Å²) in [5.41, 5.74) is 0. The maximum absolute atomic E-state index is 11.4. The van der Waals surface area contributed by atoms with Crippen molar-refractivity contribution in [1.82, 2.24) is 15.3 Å². The molecule has 0 aliphatic carbocycles. The number of carbonyl (C=O) groups is 1. The van der Waals surface area contributed by atoms with Gasteiger partial charge in [0.25, 0.3) is 0 Å². The van der Waals surface area contributed by atoms with Gasteiger partial charge in [0.2, 0.25) is 5.91 Å². The van der Waals surface area contributed by atoms with Crippen LogP contribution in [0.3, 0.4) is 0 Å². The third-order valence-corrected chi connectivity index (χ3v) is 3.12. The van der Waals surface area contributed by atoms with E-state index in [2.05, 4.69) is 27.5 Å². The van der Waals surface area contributed by atoms with Gasteiger partial charge < -0.3 is 10.6 Å². The van der Waals surface area contributed by atoms with Gasteiger partial charge in [-0.05, 0) is 13.3 Å². The van der Waals surface area contributed by atoms with E-state index in [0.717, 1.165) is 29.5 Å². The van der Waals surface area contributed by atoms with Crippen molar-refractivity contribution in [2.45, 2.75) is 31.7 Å². The minimum atomic E-state index is 0.0316. The summed E-state index contributed by atoms with van der Waals surface area (Å²) in [6.45, 7) is 4.66. The molecule has 100 valence electrons. The Labute approximate surface area is 112 Å². The highest BCUT2D eigenvalue weighted by Gasteiger charge is 2.06. The van der Waals surface area contributed by atoms with Crippen LogP contribution >= 0.6 is 11.8 Å². The number of nitrogens with one attached hydrogen (secondary N) is 2. The van der Waals surface area contributed by atoms with Crippen molar-refractivity contribution >= 4 is 23.5 Å². The Hall–Kier alpha value is -1.30. The first-order valence-electron chi connectivity index (χ1n) is 6.14. The summed E-state index contributed by atoms with van der Waals surface area (Å²) in [6.07, 6.45) is 1.86. The lowest BCUT2D eigenvalue weighted by Gasteiger charge is -2.07. The van der Waals surface area contributed by atoms with E-state index < -0.39 is 0 Å². The van der Waals surface area contributed by atoms with Crippen LogP contribution in [0.15, 0.2) is 11.1 Å². The van der Waals surface area contributed by atoms with Gasteiger partial charge in [-0.1, -0.05) is 18.7 Å². The second-order valence-electron chi connectivity index (χ2n) is 3.75. The van der Waals surface area contributed by atoms with Gasteiger partial charge in [0, 0.05) is 26.1 Å². The van der Waals surface area contributed by atoms with E-state index in [-0.39, 0.29) is 5.91 Å². The van der Waals surface area contributed by atoms with Gasteiger partial charge in [-0.15, -0.1) is 0 Å². The highest BCUT2D eigenvalue weighted by atomic mass is 32.2. The Morgan fingerprint density at radius 1 is 1.39 bits per heavy atom. The molecule has 1 amide bonds. The molecule has 1 rings (SSSR count). The van der Waals surface area contributed by atoms with Gasteiger partial charge in [0.05, 0.1) is 5.75 Å². The van der Waals surface area contributed by atoms with E-state index >= 15 is 0 Å². The molecule has 0 aromatic carbocycles. The molecule has 0 saturated carbocycles. The number of amides is 1. The predicted molar refractivity (Wildman–Crippen MR) is 75.0 cm³/mol. The Balaban J connectivity index is 2.68.